The minimum atomic E-state index is -0.110. The van der Waals surface area contributed by atoms with Gasteiger partial charge in [0.1, 0.15) is 6.10 Å². The molecule has 0 heterocycles. The van der Waals surface area contributed by atoms with Gasteiger partial charge in [-0.2, -0.15) is 0 Å². The molecule has 0 aromatic rings. The van der Waals surface area contributed by atoms with Crippen molar-refractivity contribution in [3.8, 4) is 0 Å². The zero-order chi connectivity index (χ0) is 9.68. The molecular weight excluding hydrogens is 170 g/mol. The minimum Gasteiger partial charge on any atom is -0.462 e. The number of likely N-dealkylation sites (N-methyl/N-ethyl adjacent to an activating group) is 1. The SMILES string of the molecule is CN(C=O)C1CCCCC1OC=O. The lowest BCUT2D eigenvalue weighted by Gasteiger charge is -2.34. The van der Waals surface area contributed by atoms with Crippen LogP contribution in [0.15, 0.2) is 0 Å². The lowest BCUT2D eigenvalue weighted by atomic mass is 9.92. The van der Waals surface area contributed by atoms with Crippen LogP contribution in [0, 0.1) is 0 Å². The molecule has 0 spiro atoms. The molecule has 0 saturated heterocycles. The first kappa shape index (κ1) is 10.0. The second-order valence-electron chi connectivity index (χ2n) is 3.39. The quantitative estimate of drug-likeness (QED) is 0.601. The number of hydrogen-bond donors (Lipinski definition) is 0. The molecule has 0 aromatic carbocycles. The fraction of sp³-hybridized carbons (Fsp3) is 0.778. The van der Waals surface area contributed by atoms with E-state index in [1.54, 1.807) is 11.9 Å². The predicted octanol–water partition coefficient (Wildman–Crippen LogP) is 0.559. The third-order valence-electron chi connectivity index (χ3n) is 2.59. The lowest BCUT2D eigenvalue weighted by molar-refractivity contribution is -0.141. The van der Waals surface area contributed by atoms with Crippen LogP contribution in [-0.2, 0) is 14.3 Å². The van der Waals surface area contributed by atoms with Crippen molar-refractivity contribution in [2.24, 2.45) is 0 Å². The molecule has 1 aliphatic carbocycles. The zero-order valence-electron chi connectivity index (χ0n) is 7.81. The van der Waals surface area contributed by atoms with Crippen molar-refractivity contribution in [1.29, 1.82) is 0 Å². The van der Waals surface area contributed by atoms with E-state index in [2.05, 4.69) is 0 Å². The molecule has 1 aliphatic rings. The molecule has 0 N–H and O–H groups in total. The van der Waals surface area contributed by atoms with E-state index in [4.69, 9.17) is 4.74 Å². The van der Waals surface area contributed by atoms with Gasteiger partial charge in [-0.15, -0.1) is 0 Å². The van der Waals surface area contributed by atoms with E-state index < -0.39 is 0 Å². The molecule has 2 unspecified atom stereocenters. The summed E-state index contributed by atoms with van der Waals surface area (Å²) in [5.41, 5.74) is 0. The maximum absolute atomic E-state index is 10.5. The lowest BCUT2D eigenvalue weighted by Crippen LogP contribution is -2.43. The summed E-state index contributed by atoms with van der Waals surface area (Å²) in [5, 5.41) is 0. The Hall–Kier alpha value is -1.06. The molecule has 1 fully saturated rings. The highest BCUT2D eigenvalue weighted by Crippen LogP contribution is 2.23. The summed E-state index contributed by atoms with van der Waals surface area (Å²) < 4.78 is 4.94. The van der Waals surface area contributed by atoms with Gasteiger partial charge in [0.05, 0.1) is 6.04 Å². The third-order valence-corrected chi connectivity index (χ3v) is 2.59. The molecule has 13 heavy (non-hydrogen) atoms. The zero-order valence-corrected chi connectivity index (χ0v) is 7.81. The van der Waals surface area contributed by atoms with Gasteiger partial charge in [0, 0.05) is 7.05 Å². The van der Waals surface area contributed by atoms with Gasteiger partial charge in [-0.25, -0.2) is 0 Å². The Labute approximate surface area is 77.8 Å². The van der Waals surface area contributed by atoms with E-state index >= 15 is 0 Å². The number of nitrogens with zero attached hydrogens (tertiary/aromatic N) is 1. The number of ether oxygens (including phenoxy) is 1. The third kappa shape index (κ3) is 2.44. The number of carbonyl (C=O) groups excluding carboxylic acids is 2. The second-order valence-corrected chi connectivity index (χ2v) is 3.39. The van der Waals surface area contributed by atoms with Crippen LogP contribution in [0.2, 0.25) is 0 Å². The minimum absolute atomic E-state index is 0.0662. The summed E-state index contributed by atoms with van der Waals surface area (Å²) >= 11 is 0. The summed E-state index contributed by atoms with van der Waals surface area (Å²) in [6.45, 7) is 0.474. The fourth-order valence-electron chi connectivity index (χ4n) is 1.85. The van der Waals surface area contributed by atoms with Gasteiger partial charge in [0.15, 0.2) is 0 Å². The number of amides is 1. The van der Waals surface area contributed by atoms with Crippen molar-refractivity contribution >= 4 is 12.9 Å². The normalized spacial score (nSPS) is 27.8. The van der Waals surface area contributed by atoms with Gasteiger partial charge < -0.3 is 9.64 Å². The average Bonchev–Trinajstić information content (AvgIpc) is 2.18. The molecule has 4 nitrogen and oxygen atoms in total. The smallest absolute Gasteiger partial charge is 0.293 e. The Morgan fingerprint density at radius 3 is 2.62 bits per heavy atom. The topological polar surface area (TPSA) is 46.6 Å². The van der Waals surface area contributed by atoms with Crippen LogP contribution in [0.25, 0.3) is 0 Å². The summed E-state index contributed by atoms with van der Waals surface area (Å²) in [4.78, 5) is 22.3. The van der Waals surface area contributed by atoms with Crippen LogP contribution in [0.3, 0.4) is 0 Å². The average molecular weight is 185 g/mol. The summed E-state index contributed by atoms with van der Waals surface area (Å²) in [7, 11) is 1.73. The number of hydrogen-bond acceptors (Lipinski definition) is 3. The molecule has 1 rings (SSSR count). The Kier molecular flexibility index (Phi) is 3.73. The van der Waals surface area contributed by atoms with Crippen LogP contribution in [0.1, 0.15) is 25.7 Å². The Bertz CT molecular complexity index is 184. The maximum Gasteiger partial charge on any atom is 0.293 e. The maximum atomic E-state index is 10.5. The van der Waals surface area contributed by atoms with Crippen LogP contribution >= 0.6 is 0 Å². The van der Waals surface area contributed by atoms with Gasteiger partial charge in [-0.05, 0) is 19.3 Å². The largest absolute Gasteiger partial charge is 0.462 e. The Morgan fingerprint density at radius 2 is 2.00 bits per heavy atom. The highest BCUT2D eigenvalue weighted by Gasteiger charge is 2.28. The van der Waals surface area contributed by atoms with E-state index in [-0.39, 0.29) is 12.1 Å². The molecule has 2 atom stereocenters. The van der Waals surface area contributed by atoms with Gasteiger partial charge in [-0.1, -0.05) is 6.42 Å². The highest BCUT2D eigenvalue weighted by molar-refractivity contribution is 5.47. The van der Waals surface area contributed by atoms with Crippen molar-refractivity contribution in [3.63, 3.8) is 0 Å². The van der Waals surface area contributed by atoms with Crippen molar-refractivity contribution in [2.75, 3.05) is 7.05 Å². The van der Waals surface area contributed by atoms with Crippen molar-refractivity contribution < 1.29 is 14.3 Å². The van der Waals surface area contributed by atoms with Crippen LogP contribution in [0.5, 0.6) is 0 Å². The number of carbonyl (C=O) groups is 2. The molecular formula is C9H15NO3. The molecule has 1 amide bonds. The Balaban J connectivity index is 2.54. The van der Waals surface area contributed by atoms with Crippen molar-refractivity contribution in [1.82, 2.24) is 4.90 Å². The van der Waals surface area contributed by atoms with Crippen LogP contribution < -0.4 is 0 Å². The van der Waals surface area contributed by atoms with Crippen LogP contribution in [0.4, 0.5) is 0 Å². The first-order valence-corrected chi connectivity index (χ1v) is 4.56. The van der Waals surface area contributed by atoms with Crippen molar-refractivity contribution in [3.05, 3.63) is 0 Å². The first-order chi connectivity index (χ1) is 6.29. The summed E-state index contributed by atoms with van der Waals surface area (Å²) in [6.07, 6.45) is 4.64. The standard InChI is InChI=1S/C9H15NO3/c1-10(6-11)8-4-2-3-5-9(8)13-7-12/h6-9H,2-5H2,1H3. The molecule has 74 valence electrons. The van der Waals surface area contributed by atoms with Gasteiger partial charge in [0.2, 0.25) is 6.41 Å². The predicted molar refractivity (Wildman–Crippen MR) is 47.0 cm³/mol. The molecule has 0 aliphatic heterocycles. The molecule has 0 radical (unpaired) electrons. The van der Waals surface area contributed by atoms with Crippen molar-refractivity contribution in [2.45, 2.75) is 37.8 Å². The van der Waals surface area contributed by atoms with E-state index in [1.165, 1.54) is 0 Å². The fourth-order valence-corrected chi connectivity index (χ4v) is 1.85. The monoisotopic (exact) mass is 185 g/mol. The highest BCUT2D eigenvalue weighted by atomic mass is 16.5. The second kappa shape index (κ2) is 4.84. The number of rotatable bonds is 4. The Morgan fingerprint density at radius 1 is 1.31 bits per heavy atom. The molecule has 1 saturated carbocycles. The summed E-state index contributed by atoms with van der Waals surface area (Å²) in [6, 6.07) is 0.0662. The molecule has 0 aromatic heterocycles. The van der Waals surface area contributed by atoms with Gasteiger partial charge >= 0.3 is 0 Å². The van der Waals surface area contributed by atoms with E-state index in [1.807, 2.05) is 0 Å². The van der Waals surface area contributed by atoms with Crippen LogP contribution in [-0.4, -0.2) is 37.0 Å². The van der Waals surface area contributed by atoms with E-state index in [9.17, 15) is 9.59 Å². The van der Waals surface area contributed by atoms with E-state index in [0.29, 0.717) is 6.47 Å². The van der Waals surface area contributed by atoms with Gasteiger partial charge in [0.25, 0.3) is 6.47 Å². The molecule has 0 bridgehead atoms. The summed E-state index contributed by atoms with van der Waals surface area (Å²) in [5.74, 6) is 0. The van der Waals surface area contributed by atoms with Gasteiger partial charge in [-0.3, -0.25) is 9.59 Å². The first-order valence-electron chi connectivity index (χ1n) is 4.56. The molecule has 4 heteroatoms. The van der Waals surface area contributed by atoms with E-state index in [0.717, 1.165) is 32.1 Å².